The molecule has 1 aromatic carbocycles. The average molecular weight is 383 g/mol. The van der Waals surface area contributed by atoms with Gasteiger partial charge in [0.2, 0.25) is 10.0 Å². The Balaban J connectivity index is 2.29. The number of nitrogen functional groups attached to an aromatic ring is 1. The van der Waals surface area contributed by atoms with E-state index in [4.69, 9.17) is 5.73 Å². The molecule has 1 saturated carbocycles. The molecule has 0 spiro atoms. The maximum absolute atomic E-state index is 13.3. The van der Waals surface area contributed by atoms with Gasteiger partial charge in [-0.15, -0.1) is 0 Å². The van der Waals surface area contributed by atoms with Crippen molar-refractivity contribution in [2.75, 3.05) is 12.0 Å². The monoisotopic (exact) mass is 382 g/mol. The van der Waals surface area contributed by atoms with Gasteiger partial charge in [0.1, 0.15) is 10.7 Å². The minimum atomic E-state index is -3.74. The van der Waals surface area contributed by atoms with Gasteiger partial charge in [0.05, 0.1) is 10.2 Å². The first kappa shape index (κ1) is 16.1. The van der Waals surface area contributed by atoms with Crippen LogP contribution in [0.4, 0.5) is 10.1 Å². The van der Waals surface area contributed by atoms with E-state index in [2.05, 4.69) is 20.7 Å². The number of anilines is 1. The molecule has 1 aliphatic carbocycles. The highest BCUT2D eigenvalue weighted by Crippen LogP contribution is 2.31. The van der Waals surface area contributed by atoms with E-state index in [-0.39, 0.29) is 26.3 Å². The van der Waals surface area contributed by atoms with Gasteiger partial charge in [0.25, 0.3) is 0 Å². The lowest BCUT2D eigenvalue weighted by atomic mass is 10.3. The lowest BCUT2D eigenvalue weighted by Crippen LogP contribution is -2.38. The molecule has 0 aromatic heterocycles. The van der Waals surface area contributed by atoms with E-state index in [1.807, 2.05) is 6.26 Å². The number of nitrogens with two attached hydrogens (primary N) is 1. The number of thioether (sulfide) groups is 1. The number of hydrogen-bond acceptors (Lipinski definition) is 4. The topological polar surface area (TPSA) is 72.2 Å². The summed E-state index contributed by atoms with van der Waals surface area (Å²) >= 11 is 4.64. The van der Waals surface area contributed by atoms with Gasteiger partial charge in [-0.2, -0.15) is 11.8 Å². The molecule has 1 aromatic rings. The average Bonchev–Trinajstić information content (AvgIpc) is 2.80. The molecule has 0 amide bonds. The summed E-state index contributed by atoms with van der Waals surface area (Å²) in [5, 5.41) is 0.273. The fourth-order valence-electron chi connectivity index (χ4n) is 2.38. The van der Waals surface area contributed by atoms with Crippen molar-refractivity contribution < 1.29 is 12.8 Å². The van der Waals surface area contributed by atoms with E-state index in [0.717, 1.165) is 25.3 Å². The summed E-state index contributed by atoms with van der Waals surface area (Å²) in [4.78, 5) is -0.0856. The van der Waals surface area contributed by atoms with Crippen molar-refractivity contribution in [2.24, 2.45) is 0 Å². The van der Waals surface area contributed by atoms with E-state index < -0.39 is 15.8 Å². The lowest BCUT2D eigenvalue weighted by Gasteiger charge is -2.20. The summed E-state index contributed by atoms with van der Waals surface area (Å²) in [6.45, 7) is 0. The Labute approximate surface area is 130 Å². The first-order valence-electron chi connectivity index (χ1n) is 6.15. The Hall–Kier alpha value is -0.310. The van der Waals surface area contributed by atoms with E-state index in [1.54, 1.807) is 11.8 Å². The van der Waals surface area contributed by atoms with Gasteiger partial charge in [-0.1, -0.05) is 6.42 Å². The van der Waals surface area contributed by atoms with E-state index in [1.165, 1.54) is 6.07 Å². The highest BCUT2D eigenvalue weighted by molar-refractivity contribution is 9.10. The van der Waals surface area contributed by atoms with Gasteiger partial charge >= 0.3 is 0 Å². The molecule has 2 unspecified atom stereocenters. The van der Waals surface area contributed by atoms with Crippen LogP contribution >= 0.6 is 27.7 Å². The van der Waals surface area contributed by atoms with Crippen LogP contribution in [0.25, 0.3) is 0 Å². The molecule has 3 N–H and O–H groups in total. The zero-order valence-electron chi connectivity index (χ0n) is 10.9. The third-order valence-electron chi connectivity index (χ3n) is 3.40. The van der Waals surface area contributed by atoms with Gasteiger partial charge in [-0.05, 0) is 47.2 Å². The van der Waals surface area contributed by atoms with Gasteiger partial charge in [-0.3, -0.25) is 0 Å². The maximum Gasteiger partial charge on any atom is 0.242 e. The number of sulfonamides is 1. The SMILES string of the molecule is CSC1CCCC1NS(=O)(=O)c1cc(Br)c(F)cc1N. The molecule has 0 aliphatic heterocycles. The van der Waals surface area contributed by atoms with Crippen LogP contribution in [0.3, 0.4) is 0 Å². The molecule has 2 rings (SSSR count). The van der Waals surface area contributed by atoms with Gasteiger partial charge < -0.3 is 5.73 Å². The molecule has 1 fully saturated rings. The van der Waals surface area contributed by atoms with Crippen LogP contribution in [0.5, 0.6) is 0 Å². The molecule has 0 heterocycles. The zero-order valence-corrected chi connectivity index (χ0v) is 14.1. The van der Waals surface area contributed by atoms with Crippen molar-refractivity contribution in [1.82, 2.24) is 4.72 Å². The smallest absolute Gasteiger partial charge is 0.242 e. The van der Waals surface area contributed by atoms with Crippen LogP contribution < -0.4 is 10.5 Å². The highest BCUT2D eigenvalue weighted by atomic mass is 79.9. The number of halogens is 2. The Kier molecular flexibility index (Phi) is 4.99. The summed E-state index contributed by atoms with van der Waals surface area (Å²) in [5.41, 5.74) is 5.55. The Morgan fingerprint density at radius 1 is 1.45 bits per heavy atom. The Morgan fingerprint density at radius 3 is 2.80 bits per heavy atom. The first-order valence-corrected chi connectivity index (χ1v) is 9.71. The summed E-state index contributed by atoms with van der Waals surface area (Å²) in [5.74, 6) is -0.579. The number of benzene rings is 1. The minimum Gasteiger partial charge on any atom is -0.398 e. The predicted octanol–water partition coefficient (Wildman–Crippen LogP) is 2.73. The molecule has 20 heavy (non-hydrogen) atoms. The van der Waals surface area contributed by atoms with Crippen molar-refractivity contribution in [1.29, 1.82) is 0 Å². The molecular weight excluding hydrogens is 367 g/mol. The summed E-state index contributed by atoms with van der Waals surface area (Å²) in [7, 11) is -3.74. The zero-order chi connectivity index (χ0) is 14.9. The molecule has 0 saturated heterocycles. The third kappa shape index (κ3) is 3.29. The molecule has 0 bridgehead atoms. The van der Waals surface area contributed by atoms with E-state index >= 15 is 0 Å². The summed E-state index contributed by atoms with van der Waals surface area (Å²) in [6, 6.07) is 2.12. The van der Waals surface area contributed by atoms with Crippen LogP contribution in [-0.4, -0.2) is 26.0 Å². The van der Waals surface area contributed by atoms with Crippen molar-refractivity contribution in [3.63, 3.8) is 0 Å². The van der Waals surface area contributed by atoms with Gasteiger partial charge in [-0.25, -0.2) is 17.5 Å². The quantitative estimate of drug-likeness (QED) is 0.785. The van der Waals surface area contributed by atoms with Crippen LogP contribution in [0, 0.1) is 5.82 Å². The Bertz CT molecular complexity index is 610. The van der Waals surface area contributed by atoms with Crippen molar-refractivity contribution in [3.8, 4) is 0 Å². The van der Waals surface area contributed by atoms with Crippen molar-refractivity contribution >= 4 is 43.4 Å². The molecule has 4 nitrogen and oxygen atoms in total. The van der Waals surface area contributed by atoms with Crippen LogP contribution in [-0.2, 0) is 10.0 Å². The second-order valence-electron chi connectivity index (χ2n) is 4.74. The predicted molar refractivity (Wildman–Crippen MR) is 83.8 cm³/mol. The first-order chi connectivity index (χ1) is 9.35. The van der Waals surface area contributed by atoms with Gasteiger partial charge in [0.15, 0.2) is 0 Å². The number of nitrogens with one attached hydrogen (secondary N) is 1. The minimum absolute atomic E-state index is 0.0833. The summed E-state index contributed by atoms with van der Waals surface area (Å²) < 4.78 is 40.9. The lowest BCUT2D eigenvalue weighted by molar-refractivity contribution is 0.555. The van der Waals surface area contributed by atoms with Crippen LogP contribution in [0.15, 0.2) is 21.5 Å². The second kappa shape index (κ2) is 6.21. The largest absolute Gasteiger partial charge is 0.398 e. The molecule has 1 aliphatic rings. The molecular formula is C12H16BrFN2O2S2. The highest BCUT2D eigenvalue weighted by Gasteiger charge is 2.31. The van der Waals surface area contributed by atoms with E-state index in [0.29, 0.717) is 0 Å². The van der Waals surface area contributed by atoms with Crippen LogP contribution in [0.1, 0.15) is 19.3 Å². The molecule has 2 atom stereocenters. The number of rotatable bonds is 4. The third-order valence-corrected chi connectivity index (χ3v) is 6.73. The second-order valence-corrected chi connectivity index (χ2v) is 8.35. The van der Waals surface area contributed by atoms with Crippen LogP contribution in [0.2, 0.25) is 0 Å². The molecule has 0 radical (unpaired) electrons. The molecule has 8 heteroatoms. The molecule has 112 valence electrons. The fourth-order valence-corrected chi connectivity index (χ4v) is 5.35. The Morgan fingerprint density at radius 2 is 2.15 bits per heavy atom. The summed E-state index contributed by atoms with van der Waals surface area (Å²) in [6.07, 6.45) is 4.78. The fraction of sp³-hybridized carbons (Fsp3) is 0.500. The van der Waals surface area contributed by atoms with E-state index in [9.17, 15) is 12.8 Å². The van der Waals surface area contributed by atoms with Crippen molar-refractivity contribution in [2.45, 2.75) is 35.4 Å². The normalized spacial score (nSPS) is 23.1. The van der Waals surface area contributed by atoms with Crippen molar-refractivity contribution in [3.05, 3.63) is 22.4 Å². The standard InChI is InChI=1S/C12H16BrFN2O2S2/c1-19-11-4-2-3-10(11)16-20(17,18)12-5-7(13)8(14)6-9(12)15/h5-6,10-11,16H,2-4,15H2,1H3. The maximum atomic E-state index is 13.3. The van der Waals surface area contributed by atoms with Gasteiger partial charge in [0, 0.05) is 11.3 Å². The number of hydrogen-bond donors (Lipinski definition) is 2.